The molecule has 24 heavy (non-hydrogen) atoms. The zero-order valence-corrected chi connectivity index (χ0v) is 12.4. The number of alkyl halides is 3. The van der Waals surface area contributed by atoms with Gasteiger partial charge < -0.3 is 14.8 Å². The normalized spacial score (nSPS) is 12.7. The van der Waals surface area contributed by atoms with E-state index in [-0.39, 0.29) is 17.3 Å². The second-order valence-corrected chi connectivity index (χ2v) is 4.97. The third-order valence-electron chi connectivity index (χ3n) is 3.07. The van der Waals surface area contributed by atoms with Crippen LogP contribution in [0.4, 0.5) is 13.2 Å². The summed E-state index contributed by atoms with van der Waals surface area (Å²) in [5.74, 6) is -2.65. The van der Waals surface area contributed by atoms with Gasteiger partial charge in [-0.2, -0.15) is 13.2 Å². The number of carbonyl (C=O) groups is 2. The molecule has 9 heteroatoms. The highest BCUT2D eigenvalue weighted by molar-refractivity contribution is 5.96. The Hall–Kier alpha value is -2.84. The third-order valence-corrected chi connectivity index (χ3v) is 3.07. The molecule has 1 heterocycles. The summed E-state index contributed by atoms with van der Waals surface area (Å²) in [5.41, 5.74) is 0.312. The van der Waals surface area contributed by atoms with E-state index in [1.54, 1.807) is 30.3 Å². The molecule has 2 rings (SSSR count). The van der Waals surface area contributed by atoms with Gasteiger partial charge in [-0.25, -0.2) is 9.78 Å². The van der Waals surface area contributed by atoms with E-state index in [2.05, 4.69) is 4.98 Å². The van der Waals surface area contributed by atoms with Crippen LogP contribution in [0.2, 0.25) is 0 Å². The number of aromatic nitrogens is 1. The molecule has 128 valence electrons. The number of carboxylic acid groups (broad SMARTS) is 1. The fourth-order valence-electron chi connectivity index (χ4n) is 1.97. The lowest BCUT2D eigenvalue weighted by Crippen LogP contribution is -2.43. The van der Waals surface area contributed by atoms with Crippen molar-refractivity contribution in [2.75, 3.05) is 0 Å². The standard InChI is InChI=1S/C15H13F3N2O4/c1-8-11(20-13(24-8)9-5-3-2-4-6-9)12(21)19-10(14(22)23)7-15(16,17)18/h2-6,10H,7H2,1H3,(H,19,21)(H,22,23)/t10-/m1/s1. The Labute approximate surface area is 134 Å². The van der Waals surface area contributed by atoms with Gasteiger partial charge in [0.05, 0.1) is 6.42 Å². The first-order valence-corrected chi connectivity index (χ1v) is 6.80. The Morgan fingerprint density at radius 2 is 1.92 bits per heavy atom. The topological polar surface area (TPSA) is 92.4 Å². The van der Waals surface area contributed by atoms with Gasteiger partial charge in [-0.3, -0.25) is 4.79 Å². The molecule has 1 atom stereocenters. The van der Waals surface area contributed by atoms with Crippen molar-refractivity contribution in [1.29, 1.82) is 0 Å². The van der Waals surface area contributed by atoms with Crippen molar-refractivity contribution in [2.45, 2.75) is 25.6 Å². The average molecular weight is 342 g/mol. The highest BCUT2D eigenvalue weighted by Gasteiger charge is 2.37. The van der Waals surface area contributed by atoms with E-state index in [4.69, 9.17) is 9.52 Å². The molecule has 1 amide bonds. The van der Waals surface area contributed by atoms with Crippen molar-refractivity contribution in [2.24, 2.45) is 0 Å². The van der Waals surface area contributed by atoms with Crippen LogP contribution in [0.1, 0.15) is 22.7 Å². The Morgan fingerprint density at radius 3 is 2.46 bits per heavy atom. The van der Waals surface area contributed by atoms with Crippen LogP contribution in [0.3, 0.4) is 0 Å². The number of oxazole rings is 1. The van der Waals surface area contributed by atoms with Gasteiger partial charge in [0.2, 0.25) is 5.89 Å². The number of carboxylic acids is 1. The molecule has 0 saturated heterocycles. The number of hydrogen-bond donors (Lipinski definition) is 2. The van der Waals surface area contributed by atoms with Gasteiger partial charge in [-0.1, -0.05) is 18.2 Å². The molecule has 2 N–H and O–H groups in total. The first kappa shape index (κ1) is 17.5. The second-order valence-electron chi connectivity index (χ2n) is 4.97. The van der Waals surface area contributed by atoms with Crippen LogP contribution in [0.25, 0.3) is 11.5 Å². The summed E-state index contributed by atoms with van der Waals surface area (Å²) >= 11 is 0. The molecule has 0 saturated carbocycles. The van der Waals surface area contributed by atoms with Crippen molar-refractivity contribution >= 4 is 11.9 Å². The number of hydrogen-bond acceptors (Lipinski definition) is 4. The SMILES string of the molecule is Cc1oc(-c2ccccc2)nc1C(=O)N[C@H](CC(F)(F)F)C(=O)O. The number of aliphatic carboxylic acids is 1. The number of halogens is 3. The molecule has 1 aromatic carbocycles. The number of benzene rings is 1. The van der Waals surface area contributed by atoms with Crippen molar-refractivity contribution in [3.63, 3.8) is 0 Å². The molecule has 6 nitrogen and oxygen atoms in total. The minimum Gasteiger partial charge on any atom is -0.480 e. The van der Waals surface area contributed by atoms with Crippen LogP contribution >= 0.6 is 0 Å². The van der Waals surface area contributed by atoms with E-state index in [0.29, 0.717) is 5.56 Å². The van der Waals surface area contributed by atoms with E-state index < -0.39 is 30.5 Å². The fourth-order valence-corrected chi connectivity index (χ4v) is 1.97. The lowest BCUT2D eigenvalue weighted by Gasteiger charge is -2.15. The van der Waals surface area contributed by atoms with Crippen LogP contribution in [0, 0.1) is 6.92 Å². The molecule has 0 unspecified atom stereocenters. The molecule has 0 fully saturated rings. The van der Waals surface area contributed by atoms with Crippen molar-refractivity contribution in [1.82, 2.24) is 10.3 Å². The summed E-state index contributed by atoms with van der Waals surface area (Å²) in [6, 6.07) is 6.46. The quantitative estimate of drug-likeness (QED) is 0.872. The van der Waals surface area contributed by atoms with E-state index in [0.717, 1.165) is 0 Å². The van der Waals surface area contributed by atoms with Gasteiger partial charge in [0.15, 0.2) is 5.69 Å². The van der Waals surface area contributed by atoms with Crippen LogP contribution < -0.4 is 5.32 Å². The predicted octanol–water partition coefficient (Wildman–Crippen LogP) is 2.79. The summed E-state index contributed by atoms with van der Waals surface area (Å²) < 4.78 is 42.4. The number of nitrogens with one attached hydrogen (secondary N) is 1. The number of rotatable bonds is 5. The van der Waals surface area contributed by atoms with Crippen LogP contribution in [-0.2, 0) is 4.79 Å². The van der Waals surface area contributed by atoms with E-state index in [1.807, 2.05) is 5.32 Å². The summed E-state index contributed by atoms with van der Waals surface area (Å²) in [7, 11) is 0. The first-order valence-electron chi connectivity index (χ1n) is 6.80. The van der Waals surface area contributed by atoms with Gasteiger partial charge in [-0.15, -0.1) is 0 Å². The number of carbonyl (C=O) groups excluding carboxylic acids is 1. The smallest absolute Gasteiger partial charge is 0.391 e. The minimum absolute atomic E-state index is 0.0718. The summed E-state index contributed by atoms with van der Waals surface area (Å²) in [5, 5.41) is 10.6. The lowest BCUT2D eigenvalue weighted by molar-refractivity contribution is -0.157. The number of nitrogens with zero attached hydrogens (tertiary/aromatic N) is 1. The number of aryl methyl sites for hydroxylation is 1. The van der Waals surface area contributed by atoms with Crippen LogP contribution in [0.5, 0.6) is 0 Å². The van der Waals surface area contributed by atoms with Gasteiger partial charge in [0, 0.05) is 5.56 Å². The zero-order chi connectivity index (χ0) is 17.9. The molecular weight excluding hydrogens is 329 g/mol. The lowest BCUT2D eigenvalue weighted by atomic mass is 10.2. The molecule has 2 aromatic rings. The highest BCUT2D eigenvalue weighted by Crippen LogP contribution is 2.23. The average Bonchev–Trinajstić information content (AvgIpc) is 2.88. The third kappa shape index (κ3) is 4.34. The van der Waals surface area contributed by atoms with Crippen molar-refractivity contribution < 1.29 is 32.3 Å². The molecule has 0 aliphatic rings. The fraction of sp³-hybridized carbons (Fsp3) is 0.267. The Morgan fingerprint density at radius 1 is 1.29 bits per heavy atom. The molecule has 0 aliphatic heterocycles. The van der Waals surface area contributed by atoms with E-state index >= 15 is 0 Å². The first-order chi connectivity index (χ1) is 11.2. The summed E-state index contributed by atoms with van der Waals surface area (Å²) in [6.07, 6.45) is -6.42. The predicted molar refractivity (Wildman–Crippen MR) is 76.2 cm³/mol. The molecule has 1 aromatic heterocycles. The maximum atomic E-state index is 12.4. The van der Waals surface area contributed by atoms with Crippen LogP contribution in [-0.4, -0.2) is 34.2 Å². The van der Waals surface area contributed by atoms with Crippen molar-refractivity contribution in [3.05, 3.63) is 41.8 Å². The molecule has 0 radical (unpaired) electrons. The summed E-state index contributed by atoms with van der Waals surface area (Å²) in [4.78, 5) is 26.9. The van der Waals surface area contributed by atoms with E-state index in [9.17, 15) is 22.8 Å². The second kappa shape index (κ2) is 6.73. The number of amides is 1. The van der Waals surface area contributed by atoms with Crippen molar-refractivity contribution in [3.8, 4) is 11.5 Å². The zero-order valence-electron chi connectivity index (χ0n) is 12.4. The highest BCUT2D eigenvalue weighted by atomic mass is 19.4. The largest absolute Gasteiger partial charge is 0.480 e. The van der Waals surface area contributed by atoms with Crippen LogP contribution in [0.15, 0.2) is 34.7 Å². The monoisotopic (exact) mass is 342 g/mol. The van der Waals surface area contributed by atoms with Gasteiger partial charge in [-0.05, 0) is 19.1 Å². The maximum Gasteiger partial charge on any atom is 0.391 e. The minimum atomic E-state index is -4.73. The summed E-state index contributed by atoms with van der Waals surface area (Å²) in [6.45, 7) is 1.41. The molecule has 0 bridgehead atoms. The van der Waals surface area contributed by atoms with E-state index in [1.165, 1.54) is 6.92 Å². The van der Waals surface area contributed by atoms with Gasteiger partial charge >= 0.3 is 12.1 Å². The van der Waals surface area contributed by atoms with Gasteiger partial charge in [0.25, 0.3) is 5.91 Å². The molecular formula is C15H13F3N2O4. The Bertz CT molecular complexity index is 741. The van der Waals surface area contributed by atoms with Gasteiger partial charge in [0.1, 0.15) is 11.8 Å². The molecule has 0 aliphatic carbocycles. The maximum absolute atomic E-state index is 12.4. The molecule has 0 spiro atoms. The Balaban J connectivity index is 2.20. The Kier molecular flexibility index (Phi) is 4.91.